The molecule has 1 saturated carbocycles. The number of hydrogen-bond acceptors (Lipinski definition) is 4. The lowest BCUT2D eigenvalue weighted by Crippen LogP contribution is -2.47. The third-order valence-corrected chi connectivity index (χ3v) is 4.22. The summed E-state index contributed by atoms with van der Waals surface area (Å²) in [6.07, 6.45) is 2.64. The predicted octanol–water partition coefficient (Wildman–Crippen LogP) is 2.90. The lowest BCUT2D eigenvalue weighted by Gasteiger charge is -2.15. The molecule has 0 unspecified atom stereocenters. The molecule has 8 heteroatoms. The summed E-state index contributed by atoms with van der Waals surface area (Å²) in [5.41, 5.74) is -0.284. The van der Waals surface area contributed by atoms with Gasteiger partial charge in [-0.15, -0.1) is 0 Å². The van der Waals surface area contributed by atoms with Crippen LogP contribution in [0.4, 0.5) is 9.18 Å². The average Bonchev–Trinajstić information content (AvgIpc) is 2.99. The maximum atomic E-state index is 13.7. The molecule has 1 atom stereocenters. The Hall–Kier alpha value is -1.96. The zero-order valence-corrected chi connectivity index (χ0v) is 14.7. The lowest BCUT2D eigenvalue weighted by molar-refractivity contribution is -0.127. The minimum Gasteiger partial charge on any atom is -0.449 e. The first-order valence-electron chi connectivity index (χ1n) is 7.64. The Labute approximate surface area is 147 Å². The number of esters is 1. The van der Waals surface area contributed by atoms with E-state index in [4.69, 9.17) is 4.74 Å². The van der Waals surface area contributed by atoms with Gasteiger partial charge in [0, 0.05) is 10.5 Å². The van der Waals surface area contributed by atoms with E-state index in [9.17, 15) is 18.8 Å². The molecule has 0 aromatic heterocycles. The van der Waals surface area contributed by atoms with Crippen LogP contribution in [0.5, 0.6) is 0 Å². The predicted molar refractivity (Wildman–Crippen MR) is 87.9 cm³/mol. The fraction of sp³-hybridized carbons (Fsp3) is 0.438. The van der Waals surface area contributed by atoms with Crippen LogP contribution in [0.3, 0.4) is 0 Å². The summed E-state index contributed by atoms with van der Waals surface area (Å²) in [5, 5.41) is 4.81. The van der Waals surface area contributed by atoms with Crippen molar-refractivity contribution in [3.8, 4) is 0 Å². The van der Waals surface area contributed by atoms with E-state index >= 15 is 0 Å². The number of nitrogens with one attached hydrogen (secondary N) is 2. The van der Waals surface area contributed by atoms with Gasteiger partial charge in [-0.1, -0.05) is 28.8 Å². The van der Waals surface area contributed by atoms with E-state index in [-0.39, 0.29) is 11.6 Å². The van der Waals surface area contributed by atoms with Crippen molar-refractivity contribution < 1.29 is 23.5 Å². The van der Waals surface area contributed by atoms with E-state index in [0.717, 1.165) is 31.7 Å². The molecule has 0 aliphatic heterocycles. The van der Waals surface area contributed by atoms with Crippen LogP contribution in [-0.4, -0.2) is 30.1 Å². The third kappa shape index (κ3) is 5.02. The molecule has 0 spiro atoms. The first-order chi connectivity index (χ1) is 11.4. The summed E-state index contributed by atoms with van der Waals surface area (Å²) < 4.78 is 19.1. The Kier molecular flexibility index (Phi) is 6.30. The highest BCUT2D eigenvalue weighted by Crippen LogP contribution is 2.18. The first kappa shape index (κ1) is 18.4. The van der Waals surface area contributed by atoms with Gasteiger partial charge in [0.05, 0.1) is 5.56 Å². The van der Waals surface area contributed by atoms with Gasteiger partial charge in [0.15, 0.2) is 6.10 Å². The number of urea groups is 1. The van der Waals surface area contributed by atoms with E-state index in [1.165, 1.54) is 19.1 Å². The highest BCUT2D eigenvalue weighted by atomic mass is 79.9. The zero-order valence-electron chi connectivity index (χ0n) is 13.1. The Balaban J connectivity index is 1.86. The summed E-state index contributed by atoms with van der Waals surface area (Å²) in [7, 11) is 0. The van der Waals surface area contributed by atoms with Crippen molar-refractivity contribution in [1.82, 2.24) is 10.6 Å². The fourth-order valence-corrected chi connectivity index (χ4v) is 2.77. The lowest BCUT2D eigenvalue weighted by atomic mass is 10.2. The van der Waals surface area contributed by atoms with Gasteiger partial charge in [-0.3, -0.25) is 10.1 Å². The second-order valence-electron chi connectivity index (χ2n) is 5.62. The zero-order chi connectivity index (χ0) is 17.7. The average molecular weight is 401 g/mol. The molecule has 0 heterocycles. The number of hydrogen-bond donors (Lipinski definition) is 2. The number of benzene rings is 1. The number of halogens is 2. The van der Waals surface area contributed by atoms with Crippen molar-refractivity contribution in [2.24, 2.45) is 0 Å². The summed E-state index contributed by atoms with van der Waals surface area (Å²) in [4.78, 5) is 35.5. The van der Waals surface area contributed by atoms with Gasteiger partial charge in [-0.2, -0.15) is 0 Å². The second kappa shape index (κ2) is 8.23. The smallest absolute Gasteiger partial charge is 0.341 e. The molecular weight excluding hydrogens is 383 g/mol. The topological polar surface area (TPSA) is 84.5 Å². The minimum absolute atomic E-state index is 0.0625. The number of imide groups is 1. The fourth-order valence-electron chi connectivity index (χ4n) is 2.44. The van der Waals surface area contributed by atoms with Crippen molar-refractivity contribution in [3.63, 3.8) is 0 Å². The van der Waals surface area contributed by atoms with Crippen LogP contribution in [0, 0.1) is 5.82 Å². The molecule has 1 fully saturated rings. The van der Waals surface area contributed by atoms with Crippen molar-refractivity contribution >= 4 is 33.8 Å². The normalized spacial score (nSPS) is 15.6. The molecule has 0 saturated heterocycles. The Morgan fingerprint density at radius 2 is 1.96 bits per heavy atom. The van der Waals surface area contributed by atoms with Crippen LogP contribution in [0.15, 0.2) is 22.7 Å². The van der Waals surface area contributed by atoms with Gasteiger partial charge in [-0.25, -0.2) is 14.0 Å². The van der Waals surface area contributed by atoms with Gasteiger partial charge in [0.2, 0.25) is 0 Å². The van der Waals surface area contributed by atoms with Crippen molar-refractivity contribution in [1.29, 1.82) is 0 Å². The van der Waals surface area contributed by atoms with E-state index in [1.807, 2.05) is 0 Å². The second-order valence-corrected chi connectivity index (χ2v) is 6.53. The molecule has 130 valence electrons. The summed E-state index contributed by atoms with van der Waals surface area (Å²) in [5.74, 6) is -2.50. The maximum absolute atomic E-state index is 13.7. The van der Waals surface area contributed by atoms with Crippen LogP contribution in [0.2, 0.25) is 0 Å². The Morgan fingerprint density at radius 1 is 1.29 bits per heavy atom. The Bertz CT molecular complexity index is 647. The van der Waals surface area contributed by atoms with E-state index in [0.29, 0.717) is 4.47 Å². The van der Waals surface area contributed by atoms with Crippen LogP contribution in [0.25, 0.3) is 0 Å². The molecular formula is C16H18BrFN2O4. The number of amides is 3. The van der Waals surface area contributed by atoms with Crippen LogP contribution >= 0.6 is 15.9 Å². The molecule has 2 N–H and O–H groups in total. The van der Waals surface area contributed by atoms with Crippen LogP contribution < -0.4 is 10.6 Å². The molecule has 0 bridgehead atoms. The highest BCUT2D eigenvalue weighted by Gasteiger charge is 2.24. The standard InChI is InChI=1S/C16H18BrFN2O4/c1-9(14(21)20-16(23)19-11-4-2-3-5-11)24-15(22)12-7-6-10(17)8-13(12)18/h6-9,11H,2-5H2,1H3,(H2,19,20,21,23)/t9-/m0/s1. The monoisotopic (exact) mass is 400 g/mol. The highest BCUT2D eigenvalue weighted by molar-refractivity contribution is 9.10. The molecule has 1 aliphatic rings. The first-order valence-corrected chi connectivity index (χ1v) is 8.43. The summed E-state index contributed by atoms with van der Waals surface area (Å²) >= 11 is 3.08. The number of rotatable bonds is 4. The molecule has 0 radical (unpaired) electrons. The van der Waals surface area contributed by atoms with Crippen LogP contribution in [0.1, 0.15) is 43.0 Å². The number of carbonyl (C=O) groups excluding carboxylic acids is 3. The van der Waals surface area contributed by atoms with Gasteiger partial charge in [-0.05, 0) is 38.0 Å². The van der Waals surface area contributed by atoms with Crippen molar-refractivity contribution in [2.45, 2.75) is 44.8 Å². The molecule has 6 nitrogen and oxygen atoms in total. The van der Waals surface area contributed by atoms with E-state index < -0.39 is 29.8 Å². The largest absolute Gasteiger partial charge is 0.449 e. The quantitative estimate of drug-likeness (QED) is 0.760. The van der Waals surface area contributed by atoms with E-state index in [1.54, 1.807) is 0 Å². The minimum atomic E-state index is -1.23. The molecule has 2 rings (SSSR count). The summed E-state index contributed by atoms with van der Waals surface area (Å²) in [6, 6.07) is 3.30. The number of ether oxygens (including phenoxy) is 1. The molecule has 24 heavy (non-hydrogen) atoms. The SMILES string of the molecule is C[C@H](OC(=O)c1ccc(Br)cc1F)C(=O)NC(=O)NC1CCCC1. The maximum Gasteiger partial charge on any atom is 0.341 e. The Morgan fingerprint density at radius 3 is 2.58 bits per heavy atom. The van der Waals surface area contributed by atoms with Gasteiger partial charge >= 0.3 is 12.0 Å². The number of carbonyl (C=O) groups is 3. The van der Waals surface area contributed by atoms with Crippen molar-refractivity contribution in [2.75, 3.05) is 0 Å². The van der Waals surface area contributed by atoms with Gasteiger partial charge < -0.3 is 10.1 Å². The third-order valence-electron chi connectivity index (χ3n) is 3.73. The molecule has 1 aromatic rings. The molecule has 1 aliphatic carbocycles. The molecule has 1 aromatic carbocycles. The van der Waals surface area contributed by atoms with E-state index in [2.05, 4.69) is 26.6 Å². The van der Waals surface area contributed by atoms with Gasteiger partial charge in [0.1, 0.15) is 5.82 Å². The van der Waals surface area contributed by atoms with Crippen LogP contribution in [-0.2, 0) is 9.53 Å². The van der Waals surface area contributed by atoms with Crippen molar-refractivity contribution in [3.05, 3.63) is 34.1 Å². The van der Waals surface area contributed by atoms with Gasteiger partial charge in [0.25, 0.3) is 5.91 Å². The summed E-state index contributed by atoms with van der Waals surface area (Å²) in [6.45, 7) is 1.31. The molecule has 3 amide bonds.